The van der Waals surface area contributed by atoms with Gasteiger partial charge in [-0.2, -0.15) is 0 Å². The number of nitrogens with one attached hydrogen (secondary N) is 2. The molecule has 2 rings (SSSR count). The van der Waals surface area contributed by atoms with Gasteiger partial charge in [-0.15, -0.1) is 24.0 Å². The maximum atomic E-state index is 6.06. The van der Waals surface area contributed by atoms with Gasteiger partial charge in [-0.1, -0.05) is 17.7 Å². The molecular weight excluding hydrogens is 509 g/mol. The van der Waals surface area contributed by atoms with Crippen molar-refractivity contribution in [1.29, 1.82) is 0 Å². The summed E-state index contributed by atoms with van der Waals surface area (Å²) >= 11 is 6.06. The number of nitrogens with zero attached hydrogens (tertiary/aromatic N) is 1. The van der Waals surface area contributed by atoms with E-state index in [2.05, 4.69) is 15.6 Å². The van der Waals surface area contributed by atoms with Crippen molar-refractivity contribution < 1.29 is 18.9 Å². The van der Waals surface area contributed by atoms with Gasteiger partial charge in [0, 0.05) is 42.0 Å². The molecule has 2 aromatic rings. The number of anilines is 1. The molecule has 0 aliphatic carbocycles. The first kappa shape index (κ1) is 25.0. The van der Waals surface area contributed by atoms with E-state index in [-0.39, 0.29) is 24.0 Å². The molecule has 29 heavy (non-hydrogen) atoms. The predicted octanol–water partition coefficient (Wildman–Crippen LogP) is 4.57. The Morgan fingerprint density at radius 3 is 2.17 bits per heavy atom. The van der Waals surface area contributed by atoms with Gasteiger partial charge in [-0.05, 0) is 19.1 Å². The van der Waals surface area contributed by atoms with Gasteiger partial charge in [0.1, 0.15) is 5.75 Å². The number of halogens is 2. The fourth-order valence-corrected chi connectivity index (χ4v) is 2.77. The largest absolute Gasteiger partial charge is 0.493 e. The summed E-state index contributed by atoms with van der Waals surface area (Å²) in [5, 5.41) is 7.11. The Bertz CT molecular complexity index is 808. The Hall–Kier alpha value is -2.07. The van der Waals surface area contributed by atoms with Gasteiger partial charge in [0.05, 0.1) is 27.9 Å². The number of guanidine groups is 1. The van der Waals surface area contributed by atoms with Crippen LogP contribution in [0.2, 0.25) is 5.02 Å². The summed E-state index contributed by atoms with van der Waals surface area (Å²) in [5.74, 6) is 2.95. The highest BCUT2D eigenvalue weighted by atomic mass is 127. The minimum atomic E-state index is 0. The van der Waals surface area contributed by atoms with Gasteiger partial charge >= 0.3 is 0 Å². The van der Waals surface area contributed by atoms with E-state index >= 15 is 0 Å². The molecule has 0 aliphatic heterocycles. The smallest absolute Gasteiger partial charge is 0.203 e. The normalized spacial score (nSPS) is 10.6. The van der Waals surface area contributed by atoms with E-state index in [1.807, 2.05) is 31.2 Å². The van der Waals surface area contributed by atoms with Gasteiger partial charge in [-0.25, -0.2) is 0 Å². The molecule has 9 heteroatoms. The summed E-state index contributed by atoms with van der Waals surface area (Å²) in [5.41, 5.74) is 1.71. The van der Waals surface area contributed by atoms with Crippen molar-refractivity contribution in [3.63, 3.8) is 0 Å². The highest BCUT2D eigenvalue weighted by Crippen LogP contribution is 2.39. The SMILES string of the molecule is CCOc1cc(Cl)ccc1CNC(=NC)Nc1cc(OC)c(OC)c(OC)c1.I. The van der Waals surface area contributed by atoms with E-state index in [1.54, 1.807) is 34.4 Å². The molecule has 0 atom stereocenters. The summed E-state index contributed by atoms with van der Waals surface area (Å²) in [6.45, 7) is 3.01. The van der Waals surface area contributed by atoms with Crippen LogP contribution in [-0.4, -0.2) is 40.9 Å². The van der Waals surface area contributed by atoms with Crippen LogP contribution in [0.25, 0.3) is 0 Å². The molecule has 2 N–H and O–H groups in total. The average Bonchev–Trinajstić information content (AvgIpc) is 2.71. The third-order valence-electron chi connectivity index (χ3n) is 3.93. The van der Waals surface area contributed by atoms with Crippen molar-refractivity contribution in [2.75, 3.05) is 40.3 Å². The molecule has 0 radical (unpaired) electrons. The Morgan fingerprint density at radius 2 is 1.66 bits per heavy atom. The number of hydrogen-bond acceptors (Lipinski definition) is 5. The van der Waals surface area contributed by atoms with Gasteiger partial charge in [0.15, 0.2) is 17.5 Å². The summed E-state index contributed by atoms with van der Waals surface area (Å²) in [4.78, 5) is 4.26. The van der Waals surface area contributed by atoms with Gasteiger partial charge in [0.25, 0.3) is 0 Å². The molecule has 0 amide bonds. The molecule has 0 aromatic heterocycles. The highest BCUT2D eigenvalue weighted by Gasteiger charge is 2.14. The molecule has 0 saturated carbocycles. The number of hydrogen-bond donors (Lipinski definition) is 2. The van der Waals surface area contributed by atoms with Crippen LogP contribution < -0.4 is 29.6 Å². The number of ether oxygens (including phenoxy) is 4. The summed E-state index contributed by atoms with van der Waals surface area (Å²) in [6, 6.07) is 9.17. The van der Waals surface area contributed by atoms with Crippen LogP contribution >= 0.6 is 35.6 Å². The summed E-state index contributed by atoms with van der Waals surface area (Å²) in [6.07, 6.45) is 0. The monoisotopic (exact) mass is 535 g/mol. The molecule has 0 unspecified atom stereocenters. The van der Waals surface area contributed by atoms with Gasteiger partial charge in [0.2, 0.25) is 5.75 Å². The van der Waals surface area contributed by atoms with Crippen molar-refractivity contribution in [2.45, 2.75) is 13.5 Å². The zero-order valence-corrected chi connectivity index (χ0v) is 20.3. The van der Waals surface area contributed by atoms with Crippen molar-refractivity contribution in [3.05, 3.63) is 40.9 Å². The molecule has 0 heterocycles. The maximum absolute atomic E-state index is 6.06. The van der Waals surface area contributed by atoms with Crippen molar-refractivity contribution in [3.8, 4) is 23.0 Å². The van der Waals surface area contributed by atoms with Gasteiger partial charge < -0.3 is 29.6 Å². The zero-order chi connectivity index (χ0) is 20.5. The van der Waals surface area contributed by atoms with Crippen LogP contribution in [-0.2, 0) is 6.54 Å². The first-order valence-electron chi connectivity index (χ1n) is 8.75. The zero-order valence-electron chi connectivity index (χ0n) is 17.2. The number of benzene rings is 2. The Balaban J connectivity index is 0.00000420. The molecule has 7 nitrogen and oxygen atoms in total. The molecule has 0 fully saturated rings. The Morgan fingerprint density at radius 1 is 1.00 bits per heavy atom. The van der Waals surface area contributed by atoms with Crippen molar-refractivity contribution >= 4 is 47.2 Å². The van der Waals surface area contributed by atoms with E-state index in [4.69, 9.17) is 30.5 Å². The fraction of sp³-hybridized carbons (Fsp3) is 0.350. The van der Waals surface area contributed by atoms with Crippen molar-refractivity contribution in [1.82, 2.24) is 5.32 Å². The number of aliphatic imine (C=N–C) groups is 1. The molecule has 0 spiro atoms. The Kier molecular flexibility index (Phi) is 10.7. The molecule has 0 bridgehead atoms. The van der Waals surface area contributed by atoms with Crippen LogP contribution in [0.1, 0.15) is 12.5 Å². The lowest BCUT2D eigenvalue weighted by Gasteiger charge is -2.17. The van der Waals surface area contributed by atoms with E-state index in [0.29, 0.717) is 41.4 Å². The lowest BCUT2D eigenvalue weighted by Crippen LogP contribution is -2.30. The predicted molar refractivity (Wildman–Crippen MR) is 128 cm³/mol. The average molecular weight is 536 g/mol. The summed E-state index contributed by atoms with van der Waals surface area (Å²) in [7, 11) is 6.41. The second-order valence-electron chi connectivity index (χ2n) is 5.65. The first-order valence-corrected chi connectivity index (χ1v) is 9.12. The van der Waals surface area contributed by atoms with Crippen LogP contribution in [0.15, 0.2) is 35.3 Å². The second kappa shape index (κ2) is 12.5. The lowest BCUT2D eigenvalue weighted by atomic mass is 10.2. The lowest BCUT2D eigenvalue weighted by molar-refractivity contribution is 0.324. The molecule has 160 valence electrons. The first-order chi connectivity index (χ1) is 13.6. The number of methoxy groups -OCH3 is 3. The topological polar surface area (TPSA) is 73.3 Å². The van der Waals surface area contributed by atoms with Crippen LogP contribution in [0.5, 0.6) is 23.0 Å². The van der Waals surface area contributed by atoms with E-state index < -0.39 is 0 Å². The quantitative estimate of drug-likeness (QED) is 0.293. The van der Waals surface area contributed by atoms with Crippen LogP contribution in [0, 0.1) is 0 Å². The molecule has 0 aliphatic rings. The fourth-order valence-electron chi connectivity index (χ4n) is 2.61. The van der Waals surface area contributed by atoms with Crippen LogP contribution in [0.3, 0.4) is 0 Å². The van der Waals surface area contributed by atoms with Gasteiger partial charge in [-0.3, -0.25) is 4.99 Å². The minimum absolute atomic E-state index is 0. The number of rotatable bonds is 8. The Labute approximate surface area is 193 Å². The molecular formula is C20H27ClIN3O4. The van der Waals surface area contributed by atoms with Crippen molar-refractivity contribution in [2.24, 2.45) is 4.99 Å². The maximum Gasteiger partial charge on any atom is 0.203 e. The van der Waals surface area contributed by atoms with E-state index in [9.17, 15) is 0 Å². The minimum Gasteiger partial charge on any atom is -0.493 e. The third-order valence-corrected chi connectivity index (χ3v) is 4.16. The van der Waals surface area contributed by atoms with E-state index in [1.165, 1.54) is 0 Å². The second-order valence-corrected chi connectivity index (χ2v) is 6.09. The summed E-state index contributed by atoms with van der Waals surface area (Å²) < 4.78 is 21.8. The standard InChI is InChI=1S/C20H26ClN3O4.HI/c1-6-28-16-9-14(21)8-7-13(16)12-23-20(22-2)24-15-10-17(25-3)19(27-5)18(11-15)26-4;/h7-11H,6,12H2,1-5H3,(H2,22,23,24);1H. The van der Waals surface area contributed by atoms with E-state index in [0.717, 1.165) is 17.0 Å². The highest BCUT2D eigenvalue weighted by molar-refractivity contribution is 14.0. The van der Waals surface area contributed by atoms with Crippen LogP contribution in [0.4, 0.5) is 5.69 Å². The molecule has 0 saturated heterocycles. The third kappa shape index (κ3) is 6.74. The molecule has 2 aromatic carbocycles.